The van der Waals surface area contributed by atoms with Crippen molar-refractivity contribution in [1.82, 2.24) is 0 Å². The Labute approximate surface area is 122 Å². The molecule has 0 aliphatic heterocycles. The molecule has 0 heterocycles. The van der Waals surface area contributed by atoms with Gasteiger partial charge in [0.15, 0.2) is 0 Å². The smallest absolute Gasteiger partial charge is 0.307 e. The third kappa shape index (κ3) is 4.60. The first-order valence-electron chi connectivity index (χ1n) is 7.48. The first-order valence-corrected chi connectivity index (χ1v) is 7.48. The van der Waals surface area contributed by atoms with Crippen molar-refractivity contribution in [2.24, 2.45) is 29.6 Å². The van der Waals surface area contributed by atoms with Crippen molar-refractivity contribution >= 4 is 5.97 Å². The third-order valence-corrected chi connectivity index (χ3v) is 4.53. The molecule has 0 aromatic rings. The zero-order valence-corrected chi connectivity index (χ0v) is 12.9. The van der Waals surface area contributed by atoms with Crippen LogP contribution in [0.15, 0.2) is 12.7 Å². The summed E-state index contributed by atoms with van der Waals surface area (Å²) in [6, 6.07) is 0. The molecule has 1 aliphatic rings. The molecule has 0 spiro atoms. The molecule has 5 atom stereocenters. The Kier molecular flexibility index (Phi) is 7.24. The summed E-state index contributed by atoms with van der Waals surface area (Å²) in [7, 11) is 0. The lowest BCUT2D eigenvalue weighted by atomic mass is 9.63. The van der Waals surface area contributed by atoms with E-state index < -0.39 is 5.97 Å². The van der Waals surface area contributed by atoms with Crippen LogP contribution < -0.4 is 0 Å². The van der Waals surface area contributed by atoms with Crippen molar-refractivity contribution in [3.63, 3.8) is 0 Å². The fourth-order valence-corrected chi connectivity index (χ4v) is 3.50. The Morgan fingerprint density at radius 2 is 1.90 bits per heavy atom. The number of hydrogen-bond acceptors (Lipinski definition) is 3. The number of rotatable bonds is 8. The summed E-state index contributed by atoms with van der Waals surface area (Å²) in [5.74, 6) is 0.287. The molecule has 0 radical (unpaired) electrons. The molecule has 1 saturated carbocycles. The van der Waals surface area contributed by atoms with Crippen LogP contribution in [-0.4, -0.2) is 37.5 Å². The van der Waals surface area contributed by atoms with Gasteiger partial charge in [0.05, 0.1) is 32.3 Å². The lowest BCUT2D eigenvalue weighted by Crippen LogP contribution is -2.42. The maximum Gasteiger partial charge on any atom is 0.307 e. The molecular weight excluding hydrogens is 256 g/mol. The Bertz CT molecular complexity index is 316. The van der Waals surface area contributed by atoms with E-state index >= 15 is 0 Å². The highest BCUT2D eigenvalue weighted by Crippen LogP contribution is 2.42. The first kappa shape index (κ1) is 17.2. The second kappa shape index (κ2) is 8.42. The van der Waals surface area contributed by atoms with Gasteiger partial charge in [0.1, 0.15) is 0 Å². The normalized spacial score (nSPS) is 33.9. The van der Waals surface area contributed by atoms with Crippen LogP contribution in [0.1, 0.15) is 27.2 Å². The van der Waals surface area contributed by atoms with Gasteiger partial charge in [-0.1, -0.05) is 26.8 Å². The van der Waals surface area contributed by atoms with Gasteiger partial charge in [-0.3, -0.25) is 4.79 Å². The minimum Gasteiger partial charge on any atom is -0.481 e. The summed E-state index contributed by atoms with van der Waals surface area (Å²) < 4.78 is 10.9. The molecule has 0 aromatic carbocycles. The molecule has 0 saturated heterocycles. The van der Waals surface area contributed by atoms with Crippen LogP contribution in [0.5, 0.6) is 0 Å². The summed E-state index contributed by atoms with van der Waals surface area (Å²) in [6.45, 7) is 12.2. The molecular formula is C16H28O4. The molecule has 1 aliphatic carbocycles. The first-order chi connectivity index (χ1) is 9.49. The lowest BCUT2D eigenvalue weighted by molar-refractivity contribution is -0.150. The summed E-state index contributed by atoms with van der Waals surface area (Å²) in [5.41, 5.74) is 0. The lowest BCUT2D eigenvalue weighted by Gasteiger charge is -2.42. The molecule has 1 fully saturated rings. The van der Waals surface area contributed by atoms with Crippen molar-refractivity contribution in [3.05, 3.63) is 12.7 Å². The van der Waals surface area contributed by atoms with E-state index in [0.29, 0.717) is 38.3 Å². The minimum atomic E-state index is -0.670. The highest BCUT2D eigenvalue weighted by molar-refractivity contribution is 5.70. The fraction of sp³-hybridized carbons (Fsp3) is 0.812. The standard InChI is InChI=1S/C16H28O4/c1-5-6-19-7-8-20-10-14-11(2)9-12(3)15(13(14)4)16(17)18/h5,11-15H,1,6-10H2,2-4H3,(H,17,18). The van der Waals surface area contributed by atoms with Gasteiger partial charge in [0, 0.05) is 0 Å². The van der Waals surface area contributed by atoms with Crippen molar-refractivity contribution in [2.45, 2.75) is 27.2 Å². The van der Waals surface area contributed by atoms with Crippen LogP contribution in [0.3, 0.4) is 0 Å². The van der Waals surface area contributed by atoms with E-state index in [1.807, 2.05) is 13.8 Å². The maximum absolute atomic E-state index is 11.4. The van der Waals surface area contributed by atoms with E-state index in [1.54, 1.807) is 6.08 Å². The van der Waals surface area contributed by atoms with Crippen LogP contribution in [0, 0.1) is 29.6 Å². The van der Waals surface area contributed by atoms with Crippen LogP contribution in [-0.2, 0) is 14.3 Å². The molecule has 0 bridgehead atoms. The van der Waals surface area contributed by atoms with Crippen molar-refractivity contribution in [3.8, 4) is 0 Å². The van der Waals surface area contributed by atoms with Gasteiger partial charge in [-0.25, -0.2) is 0 Å². The molecule has 20 heavy (non-hydrogen) atoms. The maximum atomic E-state index is 11.4. The molecule has 5 unspecified atom stereocenters. The Balaban J connectivity index is 2.42. The molecule has 0 aromatic heterocycles. The van der Waals surface area contributed by atoms with Gasteiger partial charge in [0.2, 0.25) is 0 Å². The summed E-state index contributed by atoms with van der Waals surface area (Å²) in [4.78, 5) is 11.4. The number of hydrogen-bond donors (Lipinski definition) is 1. The SMILES string of the molecule is C=CCOCCOCC1C(C)CC(C)C(C(=O)O)C1C. The van der Waals surface area contributed by atoms with Gasteiger partial charge in [-0.15, -0.1) is 6.58 Å². The van der Waals surface area contributed by atoms with E-state index in [9.17, 15) is 9.90 Å². The average Bonchev–Trinajstić information content (AvgIpc) is 2.35. The van der Waals surface area contributed by atoms with Gasteiger partial charge in [-0.2, -0.15) is 0 Å². The second-order valence-corrected chi connectivity index (χ2v) is 6.02. The average molecular weight is 284 g/mol. The summed E-state index contributed by atoms with van der Waals surface area (Å²) in [5, 5.41) is 9.38. The monoisotopic (exact) mass is 284 g/mol. The molecule has 4 heteroatoms. The van der Waals surface area contributed by atoms with Gasteiger partial charge >= 0.3 is 5.97 Å². The van der Waals surface area contributed by atoms with E-state index in [4.69, 9.17) is 9.47 Å². The van der Waals surface area contributed by atoms with Crippen LogP contribution in [0.4, 0.5) is 0 Å². The summed E-state index contributed by atoms with van der Waals surface area (Å²) >= 11 is 0. The van der Waals surface area contributed by atoms with Crippen molar-refractivity contribution in [1.29, 1.82) is 0 Å². The van der Waals surface area contributed by atoms with Crippen LogP contribution in [0.2, 0.25) is 0 Å². The number of carbonyl (C=O) groups is 1. The Hall–Kier alpha value is -0.870. The number of ether oxygens (including phenoxy) is 2. The minimum absolute atomic E-state index is 0.153. The zero-order chi connectivity index (χ0) is 15.1. The largest absolute Gasteiger partial charge is 0.481 e. The van der Waals surface area contributed by atoms with Crippen LogP contribution in [0.25, 0.3) is 0 Å². The number of carboxylic acids is 1. The van der Waals surface area contributed by atoms with Crippen molar-refractivity contribution < 1.29 is 19.4 Å². The van der Waals surface area contributed by atoms with E-state index in [1.165, 1.54) is 0 Å². The predicted molar refractivity (Wildman–Crippen MR) is 78.6 cm³/mol. The molecule has 1 rings (SSSR count). The third-order valence-electron chi connectivity index (χ3n) is 4.53. The Morgan fingerprint density at radius 3 is 2.50 bits per heavy atom. The van der Waals surface area contributed by atoms with Gasteiger partial charge < -0.3 is 14.6 Å². The number of aliphatic carboxylic acids is 1. The van der Waals surface area contributed by atoms with E-state index in [-0.39, 0.29) is 17.8 Å². The van der Waals surface area contributed by atoms with Gasteiger partial charge in [-0.05, 0) is 30.1 Å². The number of carboxylic acid groups (broad SMARTS) is 1. The van der Waals surface area contributed by atoms with Crippen molar-refractivity contribution in [2.75, 3.05) is 26.4 Å². The van der Waals surface area contributed by atoms with Gasteiger partial charge in [0.25, 0.3) is 0 Å². The van der Waals surface area contributed by atoms with Crippen LogP contribution >= 0.6 is 0 Å². The Morgan fingerprint density at radius 1 is 1.25 bits per heavy atom. The molecule has 0 amide bonds. The predicted octanol–water partition coefficient (Wildman–Crippen LogP) is 2.83. The zero-order valence-electron chi connectivity index (χ0n) is 12.9. The molecule has 116 valence electrons. The molecule has 1 N–H and O–H groups in total. The second-order valence-electron chi connectivity index (χ2n) is 6.02. The summed E-state index contributed by atoms with van der Waals surface area (Å²) in [6.07, 6.45) is 2.67. The fourth-order valence-electron chi connectivity index (χ4n) is 3.50. The molecule has 4 nitrogen and oxygen atoms in total. The van der Waals surface area contributed by atoms with E-state index in [2.05, 4.69) is 13.5 Å². The van der Waals surface area contributed by atoms with E-state index in [0.717, 1.165) is 6.42 Å². The highest BCUT2D eigenvalue weighted by Gasteiger charge is 2.42. The highest BCUT2D eigenvalue weighted by atomic mass is 16.5. The topological polar surface area (TPSA) is 55.8 Å². The quantitative estimate of drug-likeness (QED) is 0.550.